The average molecular weight is 428 g/mol. The first-order valence-corrected chi connectivity index (χ1v) is 11.0. The summed E-state index contributed by atoms with van der Waals surface area (Å²) in [4.78, 5) is 2.37. The average Bonchev–Trinajstić information content (AvgIpc) is 2.46. The summed E-state index contributed by atoms with van der Waals surface area (Å²) in [5.41, 5.74) is -1.08. The van der Waals surface area contributed by atoms with Crippen LogP contribution in [0.25, 0.3) is 0 Å². The molecule has 6 nitrogen and oxygen atoms in total. The molecule has 0 atom stereocenters. The quantitative estimate of drug-likeness (QED) is 0.749. The second-order valence-corrected chi connectivity index (χ2v) is 10.0. The van der Waals surface area contributed by atoms with Crippen molar-refractivity contribution >= 4 is 42.7 Å². The minimum absolute atomic E-state index is 0.00531. The fourth-order valence-corrected chi connectivity index (χ4v) is 3.91. The molecule has 1 aromatic heterocycles. The normalized spacial score (nSPS) is 12.7. The number of benzene rings is 1. The summed E-state index contributed by atoms with van der Waals surface area (Å²) in [6.07, 6.45) is -1.53. The molecule has 1 N–H and O–H groups in total. The number of anilines is 1. The van der Waals surface area contributed by atoms with Gasteiger partial charge in [-0.2, -0.15) is 17.5 Å². The maximum Gasteiger partial charge on any atom is 0.417 e. The molecule has 2 aromatic rings. The number of alkyl halides is 3. The van der Waals surface area contributed by atoms with Crippen molar-refractivity contribution in [2.24, 2.45) is 4.36 Å². The Morgan fingerprint density at radius 3 is 2.19 bits per heavy atom. The van der Waals surface area contributed by atoms with Gasteiger partial charge in [0.1, 0.15) is 10.0 Å². The van der Waals surface area contributed by atoms with Gasteiger partial charge in [0.2, 0.25) is 0 Å². The van der Waals surface area contributed by atoms with E-state index >= 15 is 0 Å². The topological polar surface area (TPSA) is 88.5 Å². The number of aromatic nitrogens is 1. The Morgan fingerprint density at radius 1 is 1.12 bits per heavy atom. The van der Waals surface area contributed by atoms with Crippen molar-refractivity contribution in [2.75, 3.05) is 17.2 Å². The first kappa shape index (κ1) is 20.5. The number of hydrogen-bond acceptors (Lipinski definition) is 5. The Labute approximate surface area is 153 Å². The van der Waals surface area contributed by atoms with Crippen molar-refractivity contribution in [1.29, 1.82) is 0 Å². The third-order valence-electron chi connectivity index (χ3n) is 2.87. The standard InChI is InChI=1S/C14H13ClF3N3O3S2/c1-25(2,22)20-9-3-5-10(6-4-9)21-26(23,24)12-8-19-13(15)7-11(12)14(16,17)18/h3-8,21H,1-2H3. The molecule has 2 rings (SSSR count). The maximum absolute atomic E-state index is 13.1. The summed E-state index contributed by atoms with van der Waals surface area (Å²) in [6, 6.07) is 5.79. The Hall–Kier alpha value is -1.85. The molecule has 1 heterocycles. The van der Waals surface area contributed by atoms with E-state index in [1.807, 2.05) is 4.72 Å². The molecule has 142 valence electrons. The van der Waals surface area contributed by atoms with Gasteiger partial charge >= 0.3 is 6.18 Å². The molecule has 0 bridgehead atoms. The maximum atomic E-state index is 13.1. The summed E-state index contributed by atoms with van der Waals surface area (Å²) in [7, 11) is -6.97. The van der Waals surface area contributed by atoms with Crippen molar-refractivity contribution in [3.05, 3.63) is 47.2 Å². The van der Waals surface area contributed by atoms with E-state index in [1.54, 1.807) is 0 Å². The second-order valence-electron chi connectivity index (χ2n) is 5.43. The van der Waals surface area contributed by atoms with Crippen molar-refractivity contribution in [3.8, 4) is 0 Å². The van der Waals surface area contributed by atoms with Crippen LogP contribution in [0.1, 0.15) is 5.56 Å². The lowest BCUT2D eigenvalue weighted by atomic mass is 10.2. The van der Waals surface area contributed by atoms with Crippen LogP contribution >= 0.6 is 11.6 Å². The third kappa shape index (κ3) is 5.32. The van der Waals surface area contributed by atoms with E-state index in [4.69, 9.17) is 11.6 Å². The van der Waals surface area contributed by atoms with Gasteiger partial charge in [0, 0.05) is 34.1 Å². The van der Waals surface area contributed by atoms with Crippen molar-refractivity contribution in [3.63, 3.8) is 0 Å². The largest absolute Gasteiger partial charge is 0.417 e. The zero-order valence-corrected chi connectivity index (χ0v) is 15.8. The minimum atomic E-state index is -4.93. The van der Waals surface area contributed by atoms with Crippen LogP contribution in [0.2, 0.25) is 5.15 Å². The molecule has 0 saturated carbocycles. The lowest BCUT2D eigenvalue weighted by Crippen LogP contribution is -2.19. The summed E-state index contributed by atoms with van der Waals surface area (Å²) in [5.74, 6) is 0. The highest BCUT2D eigenvalue weighted by Gasteiger charge is 2.38. The molecule has 12 heteroatoms. The number of hydrogen-bond donors (Lipinski definition) is 1. The summed E-state index contributed by atoms with van der Waals surface area (Å²) < 4.78 is 81.5. The Bertz CT molecular complexity index is 1040. The third-order valence-corrected chi connectivity index (χ3v) is 5.14. The van der Waals surface area contributed by atoms with Crippen LogP contribution in [0.4, 0.5) is 24.5 Å². The predicted molar refractivity (Wildman–Crippen MR) is 93.6 cm³/mol. The highest BCUT2D eigenvalue weighted by Crippen LogP contribution is 2.35. The molecule has 0 saturated heterocycles. The van der Waals surface area contributed by atoms with E-state index in [1.165, 1.54) is 36.8 Å². The summed E-state index contributed by atoms with van der Waals surface area (Å²) >= 11 is 5.44. The molecule has 0 radical (unpaired) electrons. The lowest BCUT2D eigenvalue weighted by molar-refractivity contribution is -0.139. The van der Waals surface area contributed by atoms with Gasteiger partial charge in [-0.05, 0) is 30.3 Å². The van der Waals surface area contributed by atoms with Crippen LogP contribution in [0.15, 0.2) is 45.8 Å². The van der Waals surface area contributed by atoms with E-state index in [2.05, 4.69) is 9.35 Å². The van der Waals surface area contributed by atoms with Crippen LogP contribution in [0.5, 0.6) is 0 Å². The van der Waals surface area contributed by atoms with Gasteiger partial charge in [0.05, 0.1) is 11.3 Å². The van der Waals surface area contributed by atoms with E-state index in [-0.39, 0.29) is 5.69 Å². The number of pyridine rings is 1. The molecule has 0 spiro atoms. The fraction of sp³-hybridized carbons (Fsp3) is 0.214. The summed E-state index contributed by atoms with van der Waals surface area (Å²) in [5, 5.41) is -0.482. The second kappa shape index (κ2) is 7.05. The molecule has 26 heavy (non-hydrogen) atoms. The molecular weight excluding hydrogens is 415 g/mol. The van der Waals surface area contributed by atoms with Gasteiger partial charge in [0.15, 0.2) is 0 Å². The SMILES string of the molecule is CS(C)(=O)=Nc1ccc(NS(=O)(=O)c2cnc(Cl)cc2C(F)(F)F)cc1. The fourth-order valence-electron chi connectivity index (χ4n) is 1.91. The zero-order valence-electron chi connectivity index (χ0n) is 13.4. The molecule has 0 aliphatic carbocycles. The van der Waals surface area contributed by atoms with Gasteiger partial charge in [-0.3, -0.25) is 4.72 Å². The van der Waals surface area contributed by atoms with E-state index < -0.39 is 41.5 Å². The minimum Gasteiger partial charge on any atom is -0.280 e. The smallest absolute Gasteiger partial charge is 0.280 e. The number of sulfonamides is 1. The highest BCUT2D eigenvalue weighted by molar-refractivity contribution is 7.93. The van der Waals surface area contributed by atoms with Crippen LogP contribution in [0, 0.1) is 0 Å². The molecular formula is C14H13ClF3N3O3S2. The van der Waals surface area contributed by atoms with Gasteiger partial charge < -0.3 is 0 Å². The number of halogens is 4. The van der Waals surface area contributed by atoms with Gasteiger partial charge in [-0.25, -0.2) is 17.6 Å². The zero-order chi connectivity index (χ0) is 19.8. The first-order chi connectivity index (χ1) is 11.8. The molecule has 0 aliphatic heterocycles. The Balaban J connectivity index is 2.40. The van der Waals surface area contributed by atoms with Gasteiger partial charge in [-0.15, -0.1) is 0 Å². The van der Waals surface area contributed by atoms with Crippen LogP contribution < -0.4 is 4.72 Å². The molecule has 1 aromatic carbocycles. The van der Waals surface area contributed by atoms with E-state index in [0.29, 0.717) is 18.0 Å². The molecule has 0 aliphatic rings. The van der Waals surface area contributed by atoms with Crippen molar-refractivity contribution < 1.29 is 25.8 Å². The molecule has 0 unspecified atom stereocenters. The summed E-state index contributed by atoms with van der Waals surface area (Å²) in [6.45, 7) is 0. The lowest BCUT2D eigenvalue weighted by Gasteiger charge is -2.14. The molecule has 0 amide bonds. The Morgan fingerprint density at radius 2 is 1.69 bits per heavy atom. The van der Waals surface area contributed by atoms with Crippen LogP contribution in [-0.2, 0) is 25.9 Å². The highest BCUT2D eigenvalue weighted by atomic mass is 35.5. The Kier molecular flexibility index (Phi) is 5.54. The number of rotatable bonds is 4. The first-order valence-electron chi connectivity index (χ1n) is 6.81. The van der Waals surface area contributed by atoms with Crippen molar-refractivity contribution in [2.45, 2.75) is 11.1 Å². The van der Waals surface area contributed by atoms with Crippen molar-refractivity contribution in [1.82, 2.24) is 4.98 Å². The number of nitrogens with zero attached hydrogens (tertiary/aromatic N) is 2. The van der Waals surface area contributed by atoms with Crippen LogP contribution in [0.3, 0.4) is 0 Å². The monoisotopic (exact) mass is 427 g/mol. The predicted octanol–water partition coefficient (Wildman–Crippen LogP) is 3.91. The van der Waals surface area contributed by atoms with Gasteiger partial charge in [-0.1, -0.05) is 11.6 Å². The van der Waals surface area contributed by atoms with Crippen LogP contribution in [-0.4, -0.2) is 30.1 Å². The number of nitrogens with one attached hydrogen (secondary N) is 1. The molecule has 0 fully saturated rings. The van der Waals surface area contributed by atoms with Gasteiger partial charge in [0.25, 0.3) is 10.0 Å². The van der Waals surface area contributed by atoms with E-state index in [9.17, 15) is 25.8 Å². The van der Waals surface area contributed by atoms with E-state index in [0.717, 1.165) is 0 Å².